The summed E-state index contributed by atoms with van der Waals surface area (Å²) in [6.07, 6.45) is 5.30. The second kappa shape index (κ2) is 4.08. The van der Waals surface area contributed by atoms with Crippen LogP contribution in [0.3, 0.4) is 0 Å². The van der Waals surface area contributed by atoms with E-state index in [1.54, 1.807) is 18.2 Å². The monoisotopic (exact) mass is 248 g/mol. The summed E-state index contributed by atoms with van der Waals surface area (Å²) in [6.45, 7) is 0. The van der Waals surface area contributed by atoms with E-state index in [9.17, 15) is 9.90 Å². The second-order valence-corrected chi connectivity index (χ2v) is 4.66. The maximum Gasteiger partial charge on any atom is 0.200 e. The Hall–Kier alpha value is -2.37. The van der Waals surface area contributed by atoms with Crippen LogP contribution in [0, 0.1) is 12.3 Å². The molecule has 2 aromatic rings. The SMILES string of the molecule is C#CCC1(O)C(=O)c2ccccc2-c2ccccc21. The Balaban J connectivity index is 2.36. The van der Waals surface area contributed by atoms with Gasteiger partial charge in [-0.15, -0.1) is 12.3 Å². The number of ketones is 1. The van der Waals surface area contributed by atoms with Crippen LogP contribution in [-0.2, 0) is 5.60 Å². The molecule has 0 aliphatic heterocycles. The number of carbonyl (C=O) groups excluding carboxylic acids is 1. The third kappa shape index (κ3) is 1.53. The van der Waals surface area contributed by atoms with Crippen molar-refractivity contribution in [1.29, 1.82) is 0 Å². The Morgan fingerprint density at radius 1 is 1.00 bits per heavy atom. The molecule has 1 unspecified atom stereocenters. The molecule has 1 N–H and O–H groups in total. The molecule has 0 aromatic heterocycles. The van der Waals surface area contributed by atoms with Gasteiger partial charge in [0.15, 0.2) is 5.60 Å². The lowest BCUT2D eigenvalue weighted by molar-refractivity contribution is 0.0318. The van der Waals surface area contributed by atoms with E-state index in [2.05, 4.69) is 5.92 Å². The van der Waals surface area contributed by atoms with Gasteiger partial charge in [0.1, 0.15) is 0 Å². The van der Waals surface area contributed by atoms with Crippen LogP contribution < -0.4 is 0 Å². The van der Waals surface area contributed by atoms with Gasteiger partial charge in [-0.3, -0.25) is 4.79 Å². The van der Waals surface area contributed by atoms with E-state index >= 15 is 0 Å². The first-order valence-corrected chi connectivity index (χ1v) is 6.08. The second-order valence-electron chi connectivity index (χ2n) is 4.66. The molecule has 1 atom stereocenters. The average molecular weight is 248 g/mol. The molecule has 0 saturated carbocycles. The highest BCUT2D eigenvalue weighted by molar-refractivity contribution is 6.11. The Bertz CT molecular complexity index is 709. The molecule has 0 amide bonds. The van der Waals surface area contributed by atoms with Crippen LogP contribution in [0.25, 0.3) is 11.1 Å². The molecule has 0 fully saturated rings. The summed E-state index contributed by atoms with van der Waals surface area (Å²) in [7, 11) is 0. The smallest absolute Gasteiger partial charge is 0.200 e. The van der Waals surface area contributed by atoms with Gasteiger partial charge in [-0.05, 0) is 11.1 Å². The number of hydrogen-bond acceptors (Lipinski definition) is 2. The summed E-state index contributed by atoms with van der Waals surface area (Å²) < 4.78 is 0. The minimum atomic E-state index is -1.61. The molecular weight excluding hydrogens is 236 g/mol. The highest BCUT2D eigenvalue weighted by Crippen LogP contribution is 2.43. The number of benzene rings is 2. The third-order valence-electron chi connectivity index (χ3n) is 3.57. The van der Waals surface area contributed by atoms with Gasteiger partial charge in [0, 0.05) is 17.5 Å². The first kappa shape index (κ1) is 11.7. The molecule has 0 radical (unpaired) electrons. The molecule has 92 valence electrons. The Morgan fingerprint density at radius 2 is 1.58 bits per heavy atom. The number of aliphatic hydroxyl groups is 1. The molecule has 2 nitrogen and oxygen atoms in total. The third-order valence-corrected chi connectivity index (χ3v) is 3.57. The van der Waals surface area contributed by atoms with E-state index < -0.39 is 5.60 Å². The highest BCUT2D eigenvalue weighted by atomic mass is 16.3. The van der Waals surface area contributed by atoms with Crippen molar-refractivity contribution in [3.8, 4) is 23.5 Å². The van der Waals surface area contributed by atoms with Gasteiger partial charge in [0.05, 0.1) is 0 Å². The van der Waals surface area contributed by atoms with Crippen LogP contribution in [0.5, 0.6) is 0 Å². The topological polar surface area (TPSA) is 37.3 Å². The number of terminal acetylenes is 1. The van der Waals surface area contributed by atoms with E-state index in [1.165, 1.54) is 0 Å². The lowest BCUT2D eigenvalue weighted by atomic mass is 9.73. The fourth-order valence-corrected chi connectivity index (χ4v) is 2.66. The van der Waals surface area contributed by atoms with Gasteiger partial charge in [0.2, 0.25) is 5.78 Å². The van der Waals surface area contributed by atoms with Gasteiger partial charge in [-0.2, -0.15) is 0 Å². The number of carbonyl (C=O) groups is 1. The first-order valence-electron chi connectivity index (χ1n) is 6.08. The molecule has 3 rings (SSSR count). The standard InChI is InChI=1S/C17H12O2/c1-2-11-17(19)15-10-6-5-8-13(15)12-7-3-4-9-14(12)16(17)18/h1,3-10,19H,11H2. The van der Waals surface area contributed by atoms with Gasteiger partial charge in [-0.25, -0.2) is 0 Å². The van der Waals surface area contributed by atoms with Crippen molar-refractivity contribution >= 4 is 5.78 Å². The molecule has 0 heterocycles. The number of fused-ring (bicyclic) bond motifs is 3. The molecule has 2 heteroatoms. The van der Waals surface area contributed by atoms with Crippen molar-refractivity contribution in [2.45, 2.75) is 12.0 Å². The lowest BCUT2D eigenvalue weighted by Gasteiger charge is -2.32. The average Bonchev–Trinajstić information content (AvgIpc) is 2.46. The summed E-state index contributed by atoms with van der Waals surface area (Å²) in [5, 5.41) is 10.7. The van der Waals surface area contributed by atoms with Crippen LogP contribution in [0.15, 0.2) is 48.5 Å². The number of Topliss-reactive ketones (excluding diaryl/α,β-unsaturated/α-hetero) is 1. The molecule has 2 aromatic carbocycles. The zero-order chi connectivity index (χ0) is 13.5. The predicted molar refractivity (Wildman–Crippen MR) is 73.6 cm³/mol. The van der Waals surface area contributed by atoms with Crippen molar-refractivity contribution in [2.24, 2.45) is 0 Å². The largest absolute Gasteiger partial charge is 0.376 e. The summed E-state index contributed by atoms with van der Waals surface area (Å²) in [5.41, 5.74) is 1.23. The minimum Gasteiger partial charge on any atom is -0.376 e. The maximum atomic E-state index is 12.5. The van der Waals surface area contributed by atoms with Crippen molar-refractivity contribution < 1.29 is 9.90 Å². The predicted octanol–water partition coefficient (Wildman–Crippen LogP) is 2.76. The van der Waals surface area contributed by atoms with Gasteiger partial charge < -0.3 is 5.11 Å². The number of hydrogen-bond donors (Lipinski definition) is 1. The fraction of sp³-hybridized carbons (Fsp3) is 0.118. The van der Waals surface area contributed by atoms with Crippen molar-refractivity contribution in [2.75, 3.05) is 0 Å². The van der Waals surface area contributed by atoms with Gasteiger partial charge in [0.25, 0.3) is 0 Å². The van der Waals surface area contributed by atoms with Crippen molar-refractivity contribution in [1.82, 2.24) is 0 Å². The highest BCUT2D eigenvalue weighted by Gasteiger charge is 2.43. The molecule has 0 spiro atoms. The van der Waals surface area contributed by atoms with Gasteiger partial charge >= 0.3 is 0 Å². The zero-order valence-electron chi connectivity index (χ0n) is 10.3. The van der Waals surface area contributed by atoms with Crippen LogP contribution in [0.2, 0.25) is 0 Å². The Labute approximate surface area is 111 Å². The van der Waals surface area contributed by atoms with E-state index in [0.717, 1.165) is 11.1 Å². The molecule has 1 aliphatic rings. The Kier molecular flexibility index (Phi) is 2.51. The van der Waals surface area contributed by atoms with E-state index in [-0.39, 0.29) is 12.2 Å². The van der Waals surface area contributed by atoms with E-state index in [0.29, 0.717) is 11.1 Å². The molecule has 0 bridgehead atoms. The normalized spacial score (nSPS) is 20.3. The van der Waals surface area contributed by atoms with Crippen molar-refractivity contribution in [3.63, 3.8) is 0 Å². The summed E-state index contributed by atoms with van der Waals surface area (Å²) in [6, 6.07) is 14.7. The maximum absolute atomic E-state index is 12.5. The van der Waals surface area contributed by atoms with Crippen LogP contribution in [-0.4, -0.2) is 10.9 Å². The zero-order valence-corrected chi connectivity index (χ0v) is 10.3. The summed E-state index contributed by atoms with van der Waals surface area (Å²) in [5.74, 6) is 2.09. The molecular formula is C17H12O2. The Morgan fingerprint density at radius 3 is 2.26 bits per heavy atom. The molecule has 0 saturated heterocycles. The molecule has 1 aliphatic carbocycles. The minimum absolute atomic E-state index is 0.0167. The van der Waals surface area contributed by atoms with Crippen molar-refractivity contribution in [3.05, 3.63) is 59.7 Å². The van der Waals surface area contributed by atoms with Crippen LogP contribution in [0.1, 0.15) is 22.3 Å². The molecule has 19 heavy (non-hydrogen) atoms. The van der Waals surface area contributed by atoms with E-state index in [4.69, 9.17) is 6.42 Å². The van der Waals surface area contributed by atoms with Crippen LogP contribution >= 0.6 is 0 Å². The fourth-order valence-electron chi connectivity index (χ4n) is 2.66. The number of rotatable bonds is 1. The van der Waals surface area contributed by atoms with Gasteiger partial charge in [-0.1, -0.05) is 48.5 Å². The quantitative estimate of drug-likeness (QED) is 0.788. The summed E-state index contributed by atoms with van der Waals surface area (Å²) >= 11 is 0. The lowest BCUT2D eigenvalue weighted by Crippen LogP contribution is -2.38. The summed E-state index contributed by atoms with van der Waals surface area (Å²) in [4.78, 5) is 12.5. The van der Waals surface area contributed by atoms with Crippen LogP contribution in [0.4, 0.5) is 0 Å². The first-order chi connectivity index (χ1) is 9.18. The van der Waals surface area contributed by atoms with E-state index in [1.807, 2.05) is 30.3 Å².